The van der Waals surface area contributed by atoms with Crippen molar-refractivity contribution in [1.82, 2.24) is 9.55 Å². The molecule has 4 rings (SSSR count). The van der Waals surface area contributed by atoms with Crippen LogP contribution in [-0.2, 0) is 6.54 Å². The fourth-order valence-electron chi connectivity index (χ4n) is 2.75. The number of benzene rings is 2. The predicted molar refractivity (Wildman–Crippen MR) is 98.5 cm³/mol. The van der Waals surface area contributed by atoms with Gasteiger partial charge in [-0.05, 0) is 29.8 Å². The van der Waals surface area contributed by atoms with E-state index in [0.717, 1.165) is 21.4 Å². The molecule has 0 atom stereocenters. The van der Waals surface area contributed by atoms with Gasteiger partial charge in [-0.15, -0.1) is 11.3 Å². The molecular weight excluding hydrogens is 344 g/mol. The first-order valence-corrected chi connectivity index (χ1v) is 8.56. The third-order valence-corrected chi connectivity index (χ3v) is 5.35. The van der Waals surface area contributed by atoms with Crippen LogP contribution in [0.3, 0.4) is 0 Å². The molecule has 4 aromatic rings. The molecule has 0 saturated heterocycles. The van der Waals surface area contributed by atoms with Crippen molar-refractivity contribution in [1.29, 1.82) is 0 Å². The number of methoxy groups -OCH3 is 1. The number of thiophene rings is 1. The van der Waals surface area contributed by atoms with Gasteiger partial charge in [0.05, 0.1) is 30.5 Å². The van der Waals surface area contributed by atoms with Crippen LogP contribution < -0.4 is 10.3 Å². The molecule has 2 heterocycles. The molecule has 6 heteroatoms. The SMILES string of the molecule is COc1cccc(Cn2cnc3c(sc4cccc(Cl)c43)c2=O)c1. The standard InChI is InChI=1S/C18H13ClN2O2S/c1-23-12-5-2-4-11(8-12)9-21-10-20-16-15-13(19)6-3-7-14(15)24-17(16)18(21)22/h2-8,10H,9H2,1H3. The Labute approximate surface area is 146 Å². The van der Waals surface area contributed by atoms with Gasteiger partial charge in [0, 0.05) is 10.1 Å². The van der Waals surface area contributed by atoms with E-state index in [0.29, 0.717) is 21.8 Å². The zero-order valence-corrected chi connectivity index (χ0v) is 14.4. The fraction of sp³-hybridized carbons (Fsp3) is 0.111. The molecule has 0 bridgehead atoms. The van der Waals surface area contributed by atoms with Crippen molar-refractivity contribution in [2.75, 3.05) is 7.11 Å². The van der Waals surface area contributed by atoms with Crippen molar-refractivity contribution >= 4 is 43.2 Å². The van der Waals surface area contributed by atoms with Gasteiger partial charge in [-0.25, -0.2) is 4.98 Å². The number of aromatic nitrogens is 2. The summed E-state index contributed by atoms with van der Waals surface area (Å²) in [6.45, 7) is 0.445. The maximum absolute atomic E-state index is 12.8. The quantitative estimate of drug-likeness (QED) is 0.549. The molecule has 120 valence electrons. The first-order chi connectivity index (χ1) is 11.7. The summed E-state index contributed by atoms with van der Waals surface area (Å²) in [5.41, 5.74) is 1.60. The van der Waals surface area contributed by atoms with Crippen LogP contribution in [0, 0.1) is 0 Å². The Bertz CT molecular complexity index is 1120. The number of hydrogen-bond acceptors (Lipinski definition) is 4. The maximum Gasteiger partial charge on any atom is 0.271 e. The second-order valence-corrected chi connectivity index (χ2v) is 6.88. The van der Waals surface area contributed by atoms with Crippen molar-refractivity contribution in [2.24, 2.45) is 0 Å². The number of fused-ring (bicyclic) bond motifs is 3. The molecule has 0 unspecified atom stereocenters. The van der Waals surface area contributed by atoms with Crippen LogP contribution in [0.5, 0.6) is 5.75 Å². The van der Waals surface area contributed by atoms with Gasteiger partial charge in [-0.1, -0.05) is 29.8 Å². The average Bonchev–Trinajstić information content (AvgIpc) is 2.98. The first kappa shape index (κ1) is 15.2. The van der Waals surface area contributed by atoms with E-state index in [9.17, 15) is 4.79 Å². The lowest BCUT2D eigenvalue weighted by Gasteiger charge is -2.07. The van der Waals surface area contributed by atoms with Crippen molar-refractivity contribution in [3.8, 4) is 5.75 Å². The highest BCUT2D eigenvalue weighted by Crippen LogP contribution is 2.35. The Kier molecular flexibility index (Phi) is 3.75. The van der Waals surface area contributed by atoms with Crippen molar-refractivity contribution in [3.05, 3.63) is 69.7 Å². The lowest BCUT2D eigenvalue weighted by molar-refractivity contribution is 0.414. The third kappa shape index (κ3) is 2.46. The first-order valence-electron chi connectivity index (χ1n) is 7.36. The molecule has 4 nitrogen and oxygen atoms in total. The summed E-state index contributed by atoms with van der Waals surface area (Å²) in [5, 5.41) is 1.47. The molecule has 24 heavy (non-hydrogen) atoms. The van der Waals surface area contributed by atoms with Gasteiger partial charge in [0.1, 0.15) is 10.4 Å². The van der Waals surface area contributed by atoms with Gasteiger partial charge in [0.15, 0.2) is 0 Å². The maximum atomic E-state index is 12.8. The van der Waals surface area contributed by atoms with E-state index in [1.165, 1.54) is 11.3 Å². The van der Waals surface area contributed by atoms with E-state index >= 15 is 0 Å². The number of halogens is 1. The summed E-state index contributed by atoms with van der Waals surface area (Å²) in [6, 6.07) is 13.3. The monoisotopic (exact) mass is 356 g/mol. The molecule has 0 saturated carbocycles. The van der Waals surface area contributed by atoms with Gasteiger partial charge in [-0.3, -0.25) is 9.36 Å². The Morgan fingerprint density at radius 1 is 1.25 bits per heavy atom. The van der Waals surface area contributed by atoms with E-state index in [-0.39, 0.29) is 5.56 Å². The number of nitrogens with zero attached hydrogens (tertiary/aromatic N) is 2. The smallest absolute Gasteiger partial charge is 0.271 e. The zero-order valence-electron chi connectivity index (χ0n) is 12.8. The Balaban J connectivity index is 1.85. The molecule has 0 amide bonds. The van der Waals surface area contributed by atoms with E-state index < -0.39 is 0 Å². The van der Waals surface area contributed by atoms with E-state index in [1.807, 2.05) is 42.5 Å². The minimum atomic E-state index is -0.0555. The van der Waals surface area contributed by atoms with E-state index in [4.69, 9.17) is 16.3 Å². The number of hydrogen-bond donors (Lipinski definition) is 0. The molecule has 0 radical (unpaired) electrons. The van der Waals surface area contributed by atoms with Crippen LogP contribution >= 0.6 is 22.9 Å². The Hall–Kier alpha value is -2.37. The largest absolute Gasteiger partial charge is 0.497 e. The third-order valence-electron chi connectivity index (χ3n) is 3.91. The second kappa shape index (κ2) is 5.92. The van der Waals surface area contributed by atoms with Gasteiger partial charge in [0.25, 0.3) is 5.56 Å². The van der Waals surface area contributed by atoms with Crippen LogP contribution in [0.25, 0.3) is 20.3 Å². The molecule has 0 fully saturated rings. The highest BCUT2D eigenvalue weighted by Gasteiger charge is 2.14. The van der Waals surface area contributed by atoms with Gasteiger partial charge >= 0.3 is 0 Å². The van der Waals surface area contributed by atoms with Gasteiger partial charge < -0.3 is 4.74 Å². The molecule has 0 spiro atoms. The number of rotatable bonds is 3. The molecule has 0 N–H and O–H groups in total. The molecule has 0 aliphatic carbocycles. The van der Waals surface area contributed by atoms with Crippen LogP contribution in [-0.4, -0.2) is 16.7 Å². The minimum absolute atomic E-state index is 0.0555. The summed E-state index contributed by atoms with van der Waals surface area (Å²) < 4.78 is 8.44. The van der Waals surface area contributed by atoms with Gasteiger partial charge in [-0.2, -0.15) is 0 Å². The second-order valence-electron chi connectivity index (χ2n) is 5.42. The van der Waals surface area contributed by atoms with Crippen LogP contribution in [0.4, 0.5) is 0 Å². The summed E-state index contributed by atoms with van der Waals surface area (Å²) in [7, 11) is 1.62. The van der Waals surface area contributed by atoms with Crippen molar-refractivity contribution in [2.45, 2.75) is 6.54 Å². The minimum Gasteiger partial charge on any atom is -0.497 e. The lowest BCUT2D eigenvalue weighted by Crippen LogP contribution is -2.20. The summed E-state index contributed by atoms with van der Waals surface area (Å²) >= 11 is 7.71. The Morgan fingerprint density at radius 3 is 2.92 bits per heavy atom. The highest BCUT2D eigenvalue weighted by atomic mass is 35.5. The van der Waals surface area contributed by atoms with Gasteiger partial charge in [0.2, 0.25) is 0 Å². The van der Waals surface area contributed by atoms with Crippen LogP contribution in [0.1, 0.15) is 5.56 Å². The molecule has 0 aliphatic heterocycles. The predicted octanol–water partition coefficient (Wildman–Crippen LogP) is 4.32. The van der Waals surface area contributed by atoms with Crippen molar-refractivity contribution < 1.29 is 4.74 Å². The number of ether oxygens (including phenoxy) is 1. The highest BCUT2D eigenvalue weighted by molar-refractivity contribution is 7.25. The molecule has 2 aromatic carbocycles. The van der Waals surface area contributed by atoms with Crippen LogP contribution in [0.15, 0.2) is 53.6 Å². The lowest BCUT2D eigenvalue weighted by atomic mass is 10.2. The average molecular weight is 357 g/mol. The topological polar surface area (TPSA) is 44.1 Å². The molecule has 0 aliphatic rings. The summed E-state index contributed by atoms with van der Waals surface area (Å²) in [4.78, 5) is 17.3. The summed E-state index contributed by atoms with van der Waals surface area (Å²) in [5.74, 6) is 0.767. The summed E-state index contributed by atoms with van der Waals surface area (Å²) in [6.07, 6.45) is 1.58. The van der Waals surface area contributed by atoms with Crippen molar-refractivity contribution in [3.63, 3.8) is 0 Å². The Morgan fingerprint density at radius 2 is 2.08 bits per heavy atom. The fourth-order valence-corrected chi connectivity index (χ4v) is 4.20. The molecular formula is C18H13ClN2O2S. The van der Waals surface area contributed by atoms with E-state index in [1.54, 1.807) is 18.0 Å². The normalized spacial score (nSPS) is 11.2. The van der Waals surface area contributed by atoms with E-state index in [2.05, 4.69) is 4.98 Å². The van der Waals surface area contributed by atoms with Crippen LogP contribution in [0.2, 0.25) is 5.02 Å². The molecule has 2 aromatic heterocycles. The zero-order chi connectivity index (χ0) is 16.7.